The summed E-state index contributed by atoms with van der Waals surface area (Å²) in [5, 5.41) is 8.84. The number of nitrogens with zero attached hydrogens (tertiary/aromatic N) is 3. The summed E-state index contributed by atoms with van der Waals surface area (Å²) >= 11 is 0. The summed E-state index contributed by atoms with van der Waals surface area (Å²) in [5.41, 5.74) is 0. The van der Waals surface area contributed by atoms with Crippen molar-refractivity contribution in [2.24, 2.45) is 0 Å². The summed E-state index contributed by atoms with van der Waals surface area (Å²) in [6, 6.07) is 2.97. The lowest BCUT2D eigenvalue weighted by Gasteiger charge is -2.32. The molecule has 0 spiro atoms. The Labute approximate surface area is 106 Å². The van der Waals surface area contributed by atoms with Crippen molar-refractivity contribution >= 4 is 0 Å². The van der Waals surface area contributed by atoms with Crippen LogP contribution in [0.5, 0.6) is 0 Å². The van der Waals surface area contributed by atoms with Crippen molar-refractivity contribution in [3.63, 3.8) is 0 Å². The molecule has 17 heavy (non-hydrogen) atoms. The summed E-state index contributed by atoms with van der Waals surface area (Å²) in [4.78, 5) is 4.96. The lowest BCUT2D eigenvalue weighted by Crippen LogP contribution is -2.43. The van der Waals surface area contributed by atoms with Gasteiger partial charge in [0.2, 0.25) is 0 Å². The molecule has 1 heterocycles. The minimum Gasteiger partial charge on any atom is -0.299 e. The Morgan fingerprint density at radius 1 is 1.24 bits per heavy atom. The van der Waals surface area contributed by atoms with Gasteiger partial charge in [0.1, 0.15) is 0 Å². The van der Waals surface area contributed by atoms with E-state index in [1.54, 1.807) is 0 Å². The fraction of sp³-hybridized carbons (Fsp3) is 0.929. The highest BCUT2D eigenvalue weighted by Gasteiger charge is 2.22. The summed E-state index contributed by atoms with van der Waals surface area (Å²) in [5.74, 6) is 0. The Hall–Kier alpha value is -0.590. The molecule has 0 aliphatic carbocycles. The van der Waals surface area contributed by atoms with Crippen molar-refractivity contribution < 1.29 is 0 Å². The summed E-state index contributed by atoms with van der Waals surface area (Å²) in [7, 11) is 0. The van der Waals surface area contributed by atoms with Gasteiger partial charge in [-0.05, 0) is 45.3 Å². The maximum atomic E-state index is 8.84. The summed E-state index contributed by atoms with van der Waals surface area (Å²) in [6.07, 6.45) is 6.34. The van der Waals surface area contributed by atoms with Crippen molar-refractivity contribution in [2.45, 2.75) is 52.0 Å². The first-order valence-corrected chi connectivity index (χ1v) is 7.15. The Morgan fingerprint density at radius 3 is 2.53 bits per heavy atom. The zero-order valence-corrected chi connectivity index (χ0v) is 11.5. The highest BCUT2D eigenvalue weighted by molar-refractivity contribution is 4.84. The lowest BCUT2D eigenvalue weighted by molar-refractivity contribution is 0.151. The third-order valence-electron chi connectivity index (χ3n) is 3.56. The average molecular weight is 237 g/mol. The SMILES string of the molecule is CCCN(CCC)C1CCCCN(CC#N)C1. The molecule has 1 aliphatic heterocycles. The molecule has 1 aliphatic rings. The topological polar surface area (TPSA) is 30.3 Å². The summed E-state index contributed by atoms with van der Waals surface area (Å²) in [6.45, 7) is 9.73. The van der Waals surface area contributed by atoms with Crippen LogP contribution in [0.15, 0.2) is 0 Å². The van der Waals surface area contributed by atoms with Gasteiger partial charge in [0.05, 0.1) is 12.6 Å². The standard InChI is InChI=1S/C14H27N3/c1-3-9-17(10-4-2)14-7-5-6-11-16(13-14)12-8-15/h14H,3-7,9-13H2,1-2H3. The molecule has 0 N–H and O–H groups in total. The highest BCUT2D eigenvalue weighted by atomic mass is 15.2. The van der Waals surface area contributed by atoms with E-state index in [1.807, 2.05) is 0 Å². The smallest absolute Gasteiger partial charge is 0.0866 e. The van der Waals surface area contributed by atoms with Crippen molar-refractivity contribution in [3.05, 3.63) is 0 Å². The second-order valence-corrected chi connectivity index (χ2v) is 5.08. The second-order valence-electron chi connectivity index (χ2n) is 5.08. The van der Waals surface area contributed by atoms with E-state index < -0.39 is 0 Å². The molecule has 0 bridgehead atoms. The van der Waals surface area contributed by atoms with E-state index in [-0.39, 0.29) is 0 Å². The minimum absolute atomic E-state index is 0.600. The Balaban J connectivity index is 2.55. The molecule has 1 atom stereocenters. The molecule has 98 valence electrons. The van der Waals surface area contributed by atoms with E-state index in [0.717, 1.165) is 13.1 Å². The fourth-order valence-corrected chi connectivity index (χ4v) is 2.79. The first-order chi connectivity index (χ1) is 8.31. The van der Waals surface area contributed by atoms with Gasteiger partial charge in [-0.2, -0.15) is 5.26 Å². The molecule has 0 aromatic heterocycles. The quantitative estimate of drug-likeness (QED) is 0.665. The van der Waals surface area contributed by atoms with Gasteiger partial charge in [-0.15, -0.1) is 0 Å². The van der Waals surface area contributed by atoms with Gasteiger partial charge >= 0.3 is 0 Å². The van der Waals surface area contributed by atoms with Crippen LogP contribution in [-0.2, 0) is 0 Å². The van der Waals surface area contributed by atoms with Crippen molar-refractivity contribution in [2.75, 3.05) is 32.7 Å². The normalized spacial score (nSPS) is 22.4. The van der Waals surface area contributed by atoms with Gasteiger partial charge in [-0.25, -0.2) is 0 Å². The average Bonchev–Trinajstić information content (AvgIpc) is 2.55. The molecule has 0 saturated carbocycles. The molecule has 1 rings (SSSR count). The van der Waals surface area contributed by atoms with Crippen LogP contribution in [0.2, 0.25) is 0 Å². The second kappa shape index (κ2) is 8.49. The van der Waals surface area contributed by atoms with Crippen LogP contribution in [-0.4, -0.2) is 48.6 Å². The first kappa shape index (κ1) is 14.5. The minimum atomic E-state index is 0.600. The monoisotopic (exact) mass is 237 g/mol. The van der Waals surface area contributed by atoms with E-state index in [4.69, 9.17) is 5.26 Å². The molecule has 1 saturated heterocycles. The Bertz CT molecular complexity index is 228. The molecular weight excluding hydrogens is 210 g/mol. The number of nitriles is 1. The maximum Gasteiger partial charge on any atom is 0.0866 e. The maximum absolute atomic E-state index is 8.84. The first-order valence-electron chi connectivity index (χ1n) is 7.15. The van der Waals surface area contributed by atoms with Crippen LogP contribution in [0.3, 0.4) is 0 Å². The third-order valence-corrected chi connectivity index (χ3v) is 3.56. The molecule has 0 aromatic rings. The van der Waals surface area contributed by atoms with Crippen LogP contribution < -0.4 is 0 Å². The predicted molar refractivity (Wildman–Crippen MR) is 71.8 cm³/mol. The lowest BCUT2D eigenvalue weighted by atomic mass is 10.1. The molecule has 1 unspecified atom stereocenters. The van der Waals surface area contributed by atoms with E-state index in [1.165, 1.54) is 45.2 Å². The van der Waals surface area contributed by atoms with Crippen molar-refractivity contribution in [1.29, 1.82) is 5.26 Å². The van der Waals surface area contributed by atoms with Crippen LogP contribution in [0, 0.1) is 11.3 Å². The molecule has 0 aromatic carbocycles. The number of hydrogen-bond acceptors (Lipinski definition) is 3. The van der Waals surface area contributed by atoms with Gasteiger partial charge in [0.15, 0.2) is 0 Å². The molecule has 3 heteroatoms. The van der Waals surface area contributed by atoms with Gasteiger partial charge in [0.25, 0.3) is 0 Å². The number of hydrogen-bond donors (Lipinski definition) is 0. The van der Waals surface area contributed by atoms with Crippen LogP contribution in [0.4, 0.5) is 0 Å². The zero-order chi connectivity index (χ0) is 12.5. The van der Waals surface area contributed by atoms with E-state index in [9.17, 15) is 0 Å². The Kier molecular flexibility index (Phi) is 7.23. The van der Waals surface area contributed by atoms with Crippen LogP contribution >= 0.6 is 0 Å². The summed E-state index contributed by atoms with van der Waals surface area (Å²) < 4.78 is 0. The van der Waals surface area contributed by atoms with Crippen molar-refractivity contribution in [1.82, 2.24) is 9.80 Å². The highest BCUT2D eigenvalue weighted by Crippen LogP contribution is 2.16. The molecule has 0 radical (unpaired) electrons. The fourth-order valence-electron chi connectivity index (χ4n) is 2.79. The van der Waals surface area contributed by atoms with Crippen LogP contribution in [0.1, 0.15) is 46.0 Å². The third kappa shape index (κ3) is 5.06. The molecular formula is C14H27N3. The Morgan fingerprint density at radius 2 is 1.94 bits per heavy atom. The predicted octanol–water partition coefficient (Wildman–Crippen LogP) is 2.49. The zero-order valence-electron chi connectivity index (χ0n) is 11.5. The van der Waals surface area contributed by atoms with Crippen LogP contribution in [0.25, 0.3) is 0 Å². The molecule has 3 nitrogen and oxygen atoms in total. The molecule has 1 fully saturated rings. The van der Waals surface area contributed by atoms with Gasteiger partial charge in [-0.1, -0.05) is 20.3 Å². The van der Waals surface area contributed by atoms with Crippen molar-refractivity contribution in [3.8, 4) is 6.07 Å². The van der Waals surface area contributed by atoms with E-state index in [2.05, 4.69) is 29.7 Å². The van der Waals surface area contributed by atoms with Gasteiger partial charge in [-0.3, -0.25) is 9.80 Å². The van der Waals surface area contributed by atoms with Gasteiger partial charge in [0, 0.05) is 12.6 Å². The van der Waals surface area contributed by atoms with Gasteiger partial charge < -0.3 is 0 Å². The largest absolute Gasteiger partial charge is 0.299 e. The number of likely N-dealkylation sites (tertiary alicyclic amines) is 1. The van der Waals surface area contributed by atoms with E-state index in [0.29, 0.717) is 12.6 Å². The van der Waals surface area contributed by atoms with E-state index >= 15 is 0 Å². The molecule has 0 amide bonds. The number of rotatable bonds is 6.